The van der Waals surface area contributed by atoms with Crippen molar-refractivity contribution in [1.29, 1.82) is 0 Å². The van der Waals surface area contributed by atoms with Gasteiger partial charge in [0.15, 0.2) is 0 Å². The summed E-state index contributed by atoms with van der Waals surface area (Å²) in [5, 5.41) is 7.44. The van der Waals surface area contributed by atoms with E-state index in [1.54, 1.807) is 36.4 Å². The lowest BCUT2D eigenvalue weighted by Crippen LogP contribution is -2.22. The number of hydrogen-bond donors (Lipinski definition) is 2. The topological polar surface area (TPSA) is 41.1 Å². The highest BCUT2D eigenvalue weighted by Gasteiger charge is 2.06. The Morgan fingerprint density at radius 3 is 2.29 bits per heavy atom. The molecule has 0 aromatic heterocycles. The highest BCUT2D eigenvalue weighted by atomic mass is 35.5. The van der Waals surface area contributed by atoms with Crippen LogP contribution in [0, 0.1) is 6.92 Å². The largest absolute Gasteiger partial charge is 0.376 e. The molecular formula is C15H13Cl3N2O. The normalized spacial score (nSPS) is 10.3. The van der Waals surface area contributed by atoms with Gasteiger partial charge < -0.3 is 10.6 Å². The molecule has 0 spiro atoms. The summed E-state index contributed by atoms with van der Waals surface area (Å²) in [6.45, 7) is 1.99. The van der Waals surface area contributed by atoms with Crippen LogP contribution in [0.3, 0.4) is 0 Å². The average molecular weight is 344 g/mol. The number of aryl methyl sites for hydroxylation is 1. The molecule has 0 unspecified atom stereocenters. The number of benzene rings is 2. The molecule has 0 saturated carbocycles. The van der Waals surface area contributed by atoms with Gasteiger partial charge in [-0.1, -0.05) is 34.8 Å². The van der Waals surface area contributed by atoms with Crippen molar-refractivity contribution in [3.8, 4) is 0 Å². The van der Waals surface area contributed by atoms with Gasteiger partial charge in [0.2, 0.25) is 5.91 Å². The lowest BCUT2D eigenvalue weighted by Gasteiger charge is -2.10. The second-order valence-electron chi connectivity index (χ2n) is 4.52. The Kier molecular flexibility index (Phi) is 5.34. The monoisotopic (exact) mass is 342 g/mol. The van der Waals surface area contributed by atoms with Crippen LogP contribution in [0.1, 0.15) is 5.56 Å². The van der Waals surface area contributed by atoms with Crippen LogP contribution < -0.4 is 10.6 Å². The Morgan fingerprint density at radius 2 is 1.67 bits per heavy atom. The molecule has 0 aliphatic heterocycles. The maximum Gasteiger partial charge on any atom is 0.243 e. The maximum atomic E-state index is 11.9. The Hall–Kier alpha value is -1.42. The van der Waals surface area contributed by atoms with Gasteiger partial charge in [0.1, 0.15) is 0 Å². The van der Waals surface area contributed by atoms with Gasteiger partial charge in [0.25, 0.3) is 0 Å². The maximum absolute atomic E-state index is 11.9. The molecule has 6 heteroatoms. The fourth-order valence-electron chi connectivity index (χ4n) is 1.80. The second-order valence-corrected chi connectivity index (χ2v) is 5.83. The summed E-state index contributed by atoms with van der Waals surface area (Å²) in [6.07, 6.45) is 0. The molecule has 0 fully saturated rings. The molecule has 0 saturated heterocycles. The van der Waals surface area contributed by atoms with Gasteiger partial charge in [-0.15, -0.1) is 0 Å². The zero-order valence-corrected chi connectivity index (χ0v) is 13.5. The Morgan fingerprint density at radius 1 is 1.00 bits per heavy atom. The molecule has 0 aliphatic rings. The number of carbonyl (C=O) groups is 1. The number of nitrogens with one attached hydrogen (secondary N) is 2. The summed E-state index contributed by atoms with van der Waals surface area (Å²) < 4.78 is 0. The Balaban J connectivity index is 1.95. The molecule has 0 heterocycles. The molecule has 0 atom stereocenters. The van der Waals surface area contributed by atoms with E-state index in [1.807, 2.05) is 6.92 Å². The van der Waals surface area contributed by atoms with Crippen molar-refractivity contribution in [1.82, 2.24) is 0 Å². The molecular weight excluding hydrogens is 331 g/mol. The van der Waals surface area contributed by atoms with Gasteiger partial charge in [-0.05, 0) is 48.9 Å². The zero-order chi connectivity index (χ0) is 15.4. The number of anilines is 2. The summed E-state index contributed by atoms with van der Waals surface area (Å²) in [5.74, 6) is -0.170. The van der Waals surface area contributed by atoms with Crippen LogP contribution in [0.2, 0.25) is 15.1 Å². The van der Waals surface area contributed by atoms with Crippen molar-refractivity contribution in [3.05, 3.63) is 57.0 Å². The van der Waals surface area contributed by atoms with Gasteiger partial charge in [-0.3, -0.25) is 4.79 Å². The Labute approximate surface area is 138 Å². The smallest absolute Gasteiger partial charge is 0.243 e. The first-order chi connectivity index (χ1) is 9.94. The summed E-state index contributed by atoms with van der Waals surface area (Å²) in [7, 11) is 0. The van der Waals surface area contributed by atoms with Crippen LogP contribution in [0.25, 0.3) is 0 Å². The van der Waals surface area contributed by atoms with E-state index in [9.17, 15) is 4.79 Å². The highest BCUT2D eigenvalue weighted by Crippen LogP contribution is 2.22. The fourth-order valence-corrected chi connectivity index (χ4v) is 2.55. The summed E-state index contributed by atoms with van der Waals surface area (Å²) >= 11 is 17.7. The van der Waals surface area contributed by atoms with Crippen molar-refractivity contribution in [2.75, 3.05) is 17.2 Å². The third-order valence-electron chi connectivity index (χ3n) is 2.78. The zero-order valence-electron chi connectivity index (χ0n) is 11.2. The molecule has 0 aliphatic carbocycles. The first-order valence-corrected chi connectivity index (χ1v) is 7.33. The first kappa shape index (κ1) is 16.0. The molecule has 0 bridgehead atoms. The molecule has 2 N–H and O–H groups in total. The second kappa shape index (κ2) is 7.03. The van der Waals surface area contributed by atoms with Crippen molar-refractivity contribution >= 4 is 52.1 Å². The number of carbonyl (C=O) groups excluding carboxylic acids is 1. The van der Waals surface area contributed by atoms with Gasteiger partial charge in [-0.25, -0.2) is 0 Å². The van der Waals surface area contributed by atoms with E-state index in [2.05, 4.69) is 10.6 Å². The first-order valence-electron chi connectivity index (χ1n) is 6.20. The number of amides is 1. The van der Waals surface area contributed by atoms with Crippen LogP contribution in [0.15, 0.2) is 36.4 Å². The molecule has 2 rings (SSSR count). The van der Waals surface area contributed by atoms with Gasteiger partial charge in [-0.2, -0.15) is 0 Å². The number of halogens is 3. The van der Waals surface area contributed by atoms with Gasteiger partial charge >= 0.3 is 0 Å². The standard InChI is InChI=1S/C15H13Cl3N2O/c1-9-4-10(16)2-3-14(9)20-15(21)8-19-13-6-11(17)5-12(18)7-13/h2-7,19H,8H2,1H3,(H,20,21). The van der Waals surface area contributed by atoms with Gasteiger partial charge in [0, 0.05) is 26.4 Å². The lowest BCUT2D eigenvalue weighted by atomic mass is 10.2. The predicted octanol–water partition coefficient (Wildman–Crippen LogP) is 5.01. The van der Waals surface area contributed by atoms with Crippen molar-refractivity contribution < 1.29 is 4.79 Å². The summed E-state index contributed by atoms with van der Waals surface area (Å²) in [6, 6.07) is 10.3. The third kappa shape index (κ3) is 4.81. The SMILES string of the molecule is Cc1cc(Cl)ccc1NC(=O)CNc1cc(Cl)cc(Cl)c1. The van der Waals surface area contributed by atoms with E-state index in [0.717, 1.165) is 11.3 Å². The summed E-state index contributed by atoms with van der Waals surface area (Å²) in [5.41, 5.74) is 2.33. The van der Waals surface area contributed by atoms with E-state index in [1.165, 1.54) is 0 Å². The molecule has 1 amide bonds. The predicted molar refractivity (Wildman–Crippen MR) is 89.8 cm³/mol. The quantitative estimate of drug-likeness (QED) is 0.819. The minimum Gasteiger partial charge on any atom is -0.376 e. The highest BCUT2D eigenvalue weighted by molar-refractivity contribution is 6.35. The fraction of sp³-hybridized carbons (Fsp3) is 0.133. The van der Waals surface area contributed by atoms with Crippen molar-refractivity contribution in [2.45, 2.75) is 6.92 Å². The van der Waals surface area contributed by atoms with Crippen LogP contribution in [-0.2, 0) is 4.79 Å². The lowest BCUT2D eigenvalue weighted by molar-refractivity contribution is -0.114. The van der Waals surface area contributed by atoms with Crippen molar-refractivity contribution in [3.63, 3.8) is 0 Å². The van der Waals surface area contributed by atoms with Crippen molar-refractivity contribution in [2.24, 2.45) is 0 Å². The van der Waals surface area contributed by atoms with Crippen LogP contribution in [0.5, 0.6) is 0 Å². The van der Waals surface area contributed by atoms with Gasteiger partial charge in [0.05, 0.1) is 6.54 Å². The van der Waals surface area contributed by atoms with Crippen LogP contribution in [-0.4, -0.2) is 12.5 Å². The number of hydrogen-bond acceptors (Lipinski definition) is 2. The Bertz CT molecular complexity index is 654. The van der Waals surface area contributed by atoms with Crippen LogP contribution >= 0.6 is 34.8 Å². The minimum atomic E-state index is -0.170. The molecule has 3 nitrogen and oxygen atoms in total. The van der Waals surface area contributed by atoms with E-state index < -0.39 is 0 Å². The van der Waals surface area contributed by atoms with E-state index in [0.29, 0.717) is 20.8 Å². The molecule has 21 heavy (non-hydrogen) atoms. The number of rotatable bonds is 4. The average Bonchev–Trinajstić information content (AvgIpc) is 2.39. The minimum absolute atomic E-state index is 0.110. The summed E-state index contributed by atoms with van der Waals surface area (Å²) in [4.78, 5) is 11.9. The third-order valence-corrected chi connectivity index (χ3v) is 3.45. The van der Waals surface area contributed by atoms with E-state index >= 15 is 0 Å². The molecule has 110 valence electrons. The molecule has 2 aromatic carbocycles. The van der Waals surface area contributed by atoms with Crippen LogP contribution in [0.4, 0.5) is 11.4 Å². The molecule has 0 radical (unpaired) electrons. The van der Waals surface area contributed by atoms with E-state index in [-0.39, 0.29) is 12.5 Å². The molecule has 2 aromatic rings. The van der Waals surface area contributed by atoms with E-state index in [4.69, 9.17) is 34.8 Å².